The van der Waals surface area contributed by atoms with Crippen molar-refractivity contribution in [1.82, 2.24) is 5.32 Å². The number of amides is 2. The van der Waals surface area contributed by atoms with Crippen molar-refractivity contribution in [3.8, 4) is 5.75 Å². The van der Waals surface area contributed by atoms with Gasteiger partial charge in [-0.2, -0.15) is 0 Å². The molecule has 0 saturated heterocycles. The van der Waals surface area contributed by atoms with Crippen molar-refractivity contribution in [2.75, 3.05) is 5.32 Å². The molecule has 150 valence electrons. The summed E-state index contributed by atoms with van der Waals surface area (Å²) in [6.45, 7) is 0. The molecular formula is C24H26N2O3. The predicted octanol–water partition coefficient (Wildman–Crippen LogP) is 4.90. The third kappa shape index (κ3) is 4.86. The smallest absolute Gasteiger partial charge is 0.291 e. The largest absolute Gasteiger partial charge is 0.449 e. The minimum absolute atomic E-state index is 0.0321. The summed E-state index contributed by atoms with van der Waals surface area (Å²) >= 11 is 0. The number of hydrogen-bond donors (Lipinski definition) is 2. The Labute approximate surface area is 171 Å². The second-order valence-corrected chi connectivity index (χ2v) is 7.70. The van der Waals surface area contributed by atoms with Gasteiger partial charge in [0.1, 0.15) is 0 Å². The topological polar surface area (TPSA) is 67.4 Å². The molecule has 2 aliphatic rings. The van der Waals surface area contributed by atoms with Crippen molar-refractivity contribution < 1.29 is 14.3 Å². The quantitative estimate of drug-likeness (QED) is 0.733. The van der Waals surface area contributed by atoms with Gasteiger partial charge >= 0.3 is 0 Å². The van der Waals surface area contributed by atoms with Crippen LogP contribution in [0, 0.1) is 0 Å². The molecule has 1 aliphatic carbocycles. The molecule has 0 aromatic heterocycles. The van der Waals surface area contributed by atoms with Crippen molar-refractivity contribution in [1.29, 1.82) is 0 Å². The van der Waals surface area contributed by atoms with Crippen molar-refractivity contribution >= 4 is 23.6 Å². The SMILES string of the molecule is O=C1Nc2ccccc2OC1=Cc1ccc(C(=O)NC2CCCCCCC2)cc1. The Morgan fingerprint density at radius 3 is 2.41 bits per heavy atom. The average Bonchev–Trinajstić information content (AvgIpc) is 2.71. The van der Waals surface area contributed by atoms with Gasteiger partial charge < -0.3 is 15.4 Å². The van der Waals surface area contributed by atoms with E-state index in [1.54, 1.807) is 24.3 Å². The molecule has 1 fully saturated rings. The van der Waals surface area contributed by atoms with Gasteiger partial charge in [0, 0.05) is 11.6 Å². The monoisotopic (exact) mass is 390 g/mol. The normalized spacial score (nSPS) is 18.8. The first-order valence-electron chi connectivity index (χ1n) is 10.4. The molecule has 2 amide bonds. The van der Waals surface area contributed by atoms with Gasteiger partial charge in [0.15, 0.2) is 11.5 Å². The van der Waals surface area contributed by atoms with Gasteiger partial charge in [-0.25, -0.2) is 0 Å². The number of para-hydroxylation sites is 2. The van der Waals surface area contributed by atoms with E-state index in [0.717, 1.165) is 18.4 Å². The van der Waals surface area contributed by atoms with Crippen LogP contribution in [0.25, 0.3) is 6.08 Å². The summed E-state index contributed by atoms with van der Waals surface area (Å²) < 4.78 is 5.72. The zero-order valence-corrected chi connectivity index (χ0v) is 16.4. The highest BCUT2D eigenvalue weighted by molar-refractivity contribution is 6.08. The van der Waals surface area contributed by atoms with E-state index in [0.29, 0.717) is 17.0 Å². The summed E-state index contributed by atoms with van der Waals surface area (Å²) in [5.74, 6) is 0.536. The highest BCUT2D eigenvalue weighted by Crippen LogP contribution is 2.30. The molecule has 29 heavy (non-hydrogen) atoms. The molecule has 0 spiro atoms. The van der Waals surface area contributed by atoms with Crippen molar-refractivity contribution in [2.45, 2.75) is 51.0 Å². The standard InChI is InChI=1S/C24H26N2O3/c27-23(25-19-8-4-2-1-3-5-9-19)18-14-12-17(13-15-18)16-22-24(28)26-20-10-6-7-11-21(20)29-22/h6-7,10-16,19H,1-5,8-9H2,(H,25,27)(H,26,28). The Morgan fingerprint density at radius 2 is 1.66 bits per heavy atom. The summed E-state index contributed by atoms with van der Waals surface area (Å²) in [6, 6.07) is 14.8. The Bertz CT molecular complexity index is 910. The molecule has 4 rings (SSSR count). The number of nitrogens with one attached hydrogen (secondary N) is 2. The zero-order chi connectivity index (χ0) is 20.1. The molecule has 0 radical (unpaired) electrons. The van der Waals surface area contributed by atoms with E-state index < -0.39 is 0 Å². The Hall–Kier alpha value is -3.08. The number of ether oxygens (including phenoxy) is 1. The fourth-order valence-corrected chi connectivity index (χ4v) is 3.85. The minimum Gasteiger partial charge on any atom is -0.449 e. The van der Waals surface area contributed by atoms with Gasteiger partial charge in [-0.15, -0.1) is 0 Å². The minimum atomic E-state index is -0.283. The number of fused-ring (bicyclic) bond motifs is 1. The Kier molecular flexibility index (Phi) is 5.94. The molecule has 2 aromatic carbocycles. The first kappa shape index (κ1) is 19.2. The van der Waals surface area contributed by atoms with E-state index in [9.17, 15) is 9.59 Å². The number of benzene rings is 2. The predicted molar refractivity (Wildman–Crippen MR) is 114 cm³/mol. The maximum Gasteiger partial charge on any atom is 0.291 e. The van der Waals surface area contributed by atoms with E-state index in [2.05, 4.69) is 10.6 Å². The summed E-state index contributed by atoms with van der Waals surface area (Å²) in [5, 5.41) is 6.00. The van der Waals surface area contributed by atoms with E-state index >= 15 is 0 Å². The number of anilines is 1. The van der Waals surface area contributed by atoms with Crippen molar-refractivity contribution in [2.24, 2.45) is 0 Å². The van der Waals surface area contributed by atoms with Gasteiger partial charge in [-0.05, 0) is 48.7 Å². The second kappa shape index (κ2) is 8.95. The molecular weight excluding hydrogens is 364 g/mol. The van der Waals surface area contributed by atoms with Crippen molar-refractivity contribution in [3.05, 3.63) is 65.4 Å². The molecule has 0 bridgehead atoms. The number of rotatable bonds is 3. The van der Waals surface area contributed by atoms with Gasteiger partial charge in [0.25, 0.3) is 11.8 Å². The molecule has 5 heteroatoms. The molecule has 0 atom stereocenters. The summed E-state index contributed by atoms with van der Waals surface area (Å²) in [4.78, 5) is 24.8. The molecule has 1 aliphatic heterocycles. The number of carbonyl (C=O) groups excluding carboxylic acids is 2. The average molecular weight is 390 g/mol. The first-order valence-corrected chi connectivity index (χ1v) is 10.4. The molecule has 1 saturated carbocycles. The van der Waals surface area contributed by atoms with Crippen LogP contribution in [-0.4, -0.2) is 17.9 Å². The van der Waals surface area contributed by atoms with Gasteiger partial charge in [0.2, 0.25) is 0 Å². The Morgan fingerprint density at radius 1 is 0.966 bits per heavy atom. The van der Waals surface area contributed by atoms with E-state index in [-0.39, 0.29) is 23.6 Å². The van der Waals surface area contributed by atoms with Crippen LogP contribution in [-0.2, 0) is 4.79 Å². The third-order valence-electron chi connectivity index (χ3n) is 5.49. The van der Waals surface area contributed by atoms with Crippen LogP contribution in [0.2, 0.25) is 0 Å². The highest BCUT2D eigenvalue weighted by atomic mass is 16.5. The van der Waals surface area contributed by atoms with Crippen LogP contribution >= 0.6 is 0 Å². The van der Waals surface area contributed by atoms with Crippen LogP contribution in [0.1, 0.15) is 60.9 Å². The third-order valence-corrected chi connectivity index (χ3v) is 5.49. The number of hydrogen-bond acceptors (Lipinski definition) is 3. The second-order valence-electron chi connectivity index (χ2n) is 7.70. The molecule has 5 nitrogen and oxygen atoms in total. The lowest BCUT2D eigenvalue weighted by molar-refractivity contribution is -0.115. The summed E-state index contributed by atoms with van der Waals surface area (Å²) in [7, 11) is 0. The lowest BCUT2D eigenvalue weighted by Gasteiger charge is -2.21. The van der Waals surface area contributed by atoms with E-state index in [1.165, 1.54) is 32.1 Å². The zero-order valence-electron chi connectivity index (χ0n) is 16.4. The van der Waals surface area contributed by atoms with Gasteiger partial charge in [-0.3, -0.25) is 9.59 Å². The van der Waals surface area contributed by atoms with Crippen LogP contribution < -0.4 is 15.4 Å². The van der Waals surface area contributed by atoms with E-state index in [1.807, 2.05) is 30.3 Å². The first-order chi connectivity index (χ1) is 14.2. The van der Waals surface area contributed by atoms with Crippen LogP contribution in [0.15, 0.2) is 54.3 Å². The van der Waals surface area contributed by atoms with Gasteiger partial charge in [0.05, 0.1) is 5.69 Å². The fraction of sp³-hybridized carbons (Fsp3) is 0.333. The van der Waals surface area contributed by atoms with Crippen molar-refractivity contribution in [3.63, 3.8) is 0 Å². The fourth-order valence-electron chi connectivity index (χ4n) is 3.85. The maximum absolute atomic E-state index is 12.6. The highest BCUT2D eigenvalue weighted by Gasteiger charge is 2.21. The van der Waals surface area contributed by atoms with Crippen LogP contribution in [0.4, 0.5) is 5.69 Å². The maximum atomic E-state index is 12.6. The van der Waals surface area contributed by atoms with Crippen LogP contribution in [0.5, 0.6) is 5.75 Å². The number of carbonyl (C=O) groups is 2. The lowest BCUT2D eigenvalue weighted by atomic mass is 9.96. The summed E-state index contributed by atoms with van der Waals surface area (Å²) in [5.41, 5.74) is 2.10. The van der Waals surface area contributed by atoms with E-state index in [4.69, 9.17) is 4.74 Å². The molecule has 0 unspecified atom stereocenters. The van der Waals surface area contributed by atoms with Crippen LogP contribution in [0.3, 0.4) is 0 Å². The molecule has 2 N–H and O–H groups in total. The molecule has 1 heterocycles. The summed E-state index contributed by atoms with van der Waals surface area (Å²) in [6.07, 6.45) is 10.00. The molecule has 2 aromatic rings. The lowest BCUT2D eigenvalue weighted by Crippen LogP contribution is -2.35. The van der Waals surface area contributed by atoms with Gasteiger partial charge in [-0.1, -0.05) is 56.4 Å². The Balaban J connectivity index is 1.42.